The van der Waals surface area contributed by atoms with E-state index in [2.05, 4.69) is 5.32 Å². The van der Waals surface area contributed by atoms with Crippen LogP contribution in [0, 0.1) is 11.7 Å². The summed E-state index contributed by atoms with van der Waals surface area (Å²) in [6.07, 6.45) is 4.09. The number of amides is 1. The Labute approximate surface area is 192 Å². The lowest BCUT2D eigenvalue weighted by Gasteiger charge is -2.54. The van der Waals surface area contributed by atoms with Crippen molar-refractivity contribution in [3.63, 3.8) is 0 Å². The lowest BCUT2D eigenvalue weighted by atomic mass is 9.62. The molecule has 0 saturated heterocycles. The first-order valence-electron chi connectivity index (χ1n) is 11.8. The first-order valence-corrected chi connectivity index (χ1v) is 11.8. The first kappa shape index (κ1) is 21.9. The molecule has 6 nitrogen and oxygen atoms in total. The van der Waals surface area contributed by atoms with Crippen LogP contribution in [-0.4, -0.2) is 35.3 Å². The third kappa shape index (κ3) is 4.60. The van der Waals surface area contributed by atoms with Gasteiger partial charge in [0, 0.05) is 30.5 Å². The topological polar surface area (TPSA) is 78.9 Å². The van der Waals surface area contributed by atoms with Crippen LogP contribution in [0.3, 0.4) is 0 Å². The molecule has 7 heteroatoms. The maximum Gasteiger partial charge on any atom is 0.414 e. The molecule has 4 atom stereocenters. The predicted octanol–water partition coefficient (Wildman–Crippen LogP) is 4.83. The van der Waals surface area contributed by atoms with Gasteiger partial charge < -0.3 is 15.2 Å². The number of hydrogen-bond donors (Lipinski definition) is 2. The van der Waals surface area contributed by atoms with Crippen molar-refractivity contribution in [2.45, 2.75) is 69.2 Å². The number of rotatable bonds is 8. The predicted molar refractivity (Wildman–Crippen MR) is 122 cm³/mol. The van der Waals surface area contributed by atoms with Gasteiger partial charge in [0.25, 0.3) is 0 Å². The van der Waals surface area contributed by atoms with E-state index in [1.807, 2.05) is 30.3 Å². The van der Waals surface area contributed by atoms with Gasteiger partial charge in [-0.15, -0.1) is 0 Å². The molecular weight excluding hydrogens is 423 g/mol. The van der Waals surface area contributed by atoms with Gasteiger partial charge in [0.15, 0.2) is 0 Å². The molecule has 2 aromatic rings. The maximum absolute atomic E-state index is 14.4. The molecule has 174 valence electrons. The molecular formula is C26H29FN2O4. The van der Waals surface area contributed by atoms with Gasteiger partial charge in [-0.05, 0) is 61.3 Å². The van der Waals surface area contributed by atoms with E-state index in [9.17, 15) is 19.1 Å². The Morgan fingerprint density at radius 3 is 2.58 bits per heavy atom. The van der Waals surface area contributed by atoms with Crippen LogP contribution in [0.5, 0.6) is 0 Å². The molecule has 3 aliphatic rings. The van der Waals surface area contributed by atoms with Crippen LogP contribution < -0.4 is 10.2 Å². The minimum atomic E-state index is -0.816. The third-order valence-corrected chi connectivity index (χ3v) is 7.23. The molecule has 5 rings (SSSR count). The fourth-order valence-electron chi connectivity index (χ4n) is 5.40. The highest BCUT2D eigenvalue weighted by atomic mass is 19.1. The largest absolute Gasteiger partial charge is 0.481 e. The summed E-state index contributed by atoms with van der Waals surface area (Å²) in [4.78, 5) is 26.2. The van der Waals surface area contributed by atoms with Crippen molar-refractivity contribution < 1.29 is 23.8 Å². The van der Waals surface area contributed by atoms with Gasteiger partial charge in [-0.25, -0.2) is 9.18 Å². The van der Waals surface area contributed by atoms with Gasteiger partial charge in [0.1, 0.15) is 12.4 Å². The third-order valence-electron chi connectivity index (χ3n) is 7.23. The van der Waals surface area contributed by atoms with Gasteiger partial charge in [-0.3, -0.25) is 9.69 Å². The van der Waals surface area contributed by atoms with Crippen LogP contribution in [-0.2, 0) is 16.1 Å². The first-order chi connectivity index (χ1) is 16.0. The SMILES string of the molecule is O=C(O)CCC(NC1CC1)C1c2ccc(F)cc2N(C(=O)OCc2ccccc2)C2CCC12. The average Bonchev–Trinajstić information content (AvgIpc) is 3.60. The minimum absolute atomic E-state index is 0.0203. The number of nitrogens with one attached hydrogen (secondary N) is 1. The van der Waals surface area contributed by atoms with E-state index in [1.165, 1.54) is 12.1 Å². The van der Waals surface area contributed by atoms with Crippen molar-refractivity contribution in [2.75, 3.05) is 4.90 Å². The van der Waals surface area contributed by atoms with Crippen LogP contribution in [0.15, 0.2) is 48.5 Å². The van der Waals surface area contributed by atoms with Crippen molar-refractivity contribution in [3.05, 3.63) is 65.5 Å². The summed E-state index contributed by atoms with van der Waals surface area (Å²) >= 11 is 0. The number of carboxylic acids is 1. The molecule has 4 unspecified atom stereocenters. The molecule has 2 saturated carbocycles. The zero-order chi connectivity index (χ0) is 22.9. The van der Waals surface area contributed by atoms with Crippen LogP contribution in [0.2, 0.25) is 0 Å². The summed E-state index contributed by atoms with van der Waals surface area (Å²) in [6.45, 7) is 0.159. The summed E-state index contributed by atoms with van der Waals surface area (Å²) in [5, 5.41) is 13.0. The van der Waals surface area contributed by atoms with Crippen molar-refractivity contribution in [3.8, 4) is 0 Å². The second-order valence-electron chi connectivity index (χ2n) is 9.43. The number of carboxylic acid groups (broad SMARTS) is 1. The number of halogens is 1. The fraction of sp³-hybridized carbons (Fsp3) is 0.462. The van der Waals surface area contributed by atoms with Crippen molar-refractivity contribution in [1.29, 1.82) is 0 Å². The van der Waals surface area contributed by atoms with Crippen molar-refractivity contribution in [2.24, 2.45) is 5.92 Å². The Hall–Kier alpha value is -2.93. The number of fused-ring (bicyclic) bond motifs is 2. The zero-order valence-electron chi connectivity index (χ0n) is 18.5. The number of benzene rings is 2. The van der Waals surface area contributed by atoms with Gasteiger partial charge in [-0.1, -0.05) is 36.4 Å². The molecule has 0 bridgehead atoms. The molecule has 2 aromatic carbocycles. The van der Waals surface area contributed by atoms with Gasteiger partial charge in [-0.2, -0.15) is 0 Å². The highest BCUT2D eigenvalue weighted by molar-refractivity contribution is 5.91. The van der Waals surface area contributed by atoms with Gasteiger partial charge in [0.05, 0.1) is 5.69 Å². The molecule has 1 amide bonds. The normalized spacial score (nSPS) is 24.3. The van der Waals surface area contributed by atoms with E-state index in [0.29, 0.717) is 18.2 Å². The second kappa shape index (κ2) is 9.14. The highest BCUT2D eigenvalue weighted by Gasteiger charge is 2.51. The monoisotopic (exact) mass is 452 g/mol. The number of hydrogen-bond acceptors (Lipinski definition) is 4. The molecule has 1 aliphatic heterocycles. The van der Waals surface area contributed by atoms with Crippen LogP contribution >= 0.6 is 0 Å². The molecule has 2 N–H and O–H groups in total. The Morgan fingerprint density at radius 2 is 1.91 bits per heavy atom. The lowest BCUT2D eigenvalue weighted by Crippen LogP contribution is -2.58. The Bertz CT molecular complexity index is 1030. The summed E-state index contributed by atoms with van der Waals surface area (Å²) in [7, 11) is 0. The van der Waals surface area contributed by atoms with Gasteiger partial charge in [0.2, 0.25) is 0 Å². The Morgan fingerprint density at radius 1 is 1.12 bits per heavy atom. The van der Waals surface area contributed by atoms with Crippen molar-refractivity contribution >= 4 is 17.7 Å². The van der Waals surface area contributed by atoms with E-state index in [0.717, 1.165) is 36.8 Å². The molecule has 0 radical (unpaired) electrons. The van der Waals surface area contributed by atoms with E-state index in [1.54, 1.807) is 11.0 Å². The van der Waals surface area contributed by atoms with Crippen LogP contribution in [0.25, 0.3) is 0 Å². The van der Waals surface area contributed by atoms with E-state index in [-0.39, 0.29) is 36.9 Å². The maximum atomic E-state index is 14.4. The standard InChI is InChI=1S/C26H29FN2O4/c27-17-6-9-20-23(14-17)29(26(32)33-15-16-4-2-1-3-5-16)22-12-10-19(22)25(20)21(11-13-24(30)31)28-18-7-8-18/h1-6,9,14,18-19,21-22,25,28H,7-8,10-13,15H2,(H,30,31). The summed E-state index contributed by atoms with van der Waals surface area (Å²) in [5.41, 5.74) is 2.35. The molecule has 33 heavy (non-hydrogen) atoms. The van der Waals surface area contributed by atoms with Gasteiger partial charge >= 0.3 is 12.1 Å². The van der Waals surface area contributed by atoms with Crippen molar-refractivity contribution in [1.82, 2.24) is 5.32 Å². The average molecular weight is 453 g/mol. The van der Waals surface area contributed by atoms with E-state index in [4.69, 9.17) is 4.74 Å². The molecule has 0 spiro atoms. The lowest BCUT2D eigenvalue weighted by molar-refractivity contribution is -0.137. The van der Waals surface area contributed by atoms with E-state index >= 15 is 0 Å². The molecule has 2 aliphatic carbocycles. The minimum Gasteiger partial charge on any atom is -0.481 e. The Balaban J connectivity index is 1.44. The zero-order valence-corrected chi connectivity index (χ0v) is 18.5. The Kier molecular flexibility index (Phi) is 6.06. The number of anilines is 1. The summed E-state index contributed by atoms with van der Waals surface area (Å²) in [6, 6.07) is 14.4. The number of ether oxygens (including phenoxy) is 1. The molecule has 1 heterocycles. The summed E-state index contributed by atoms with van der Waals surface area (Å²) < 4.78 is 20.0. The quantitative estimate of drug-likeness (QED) is 0.600. The van der Waals surface area contributed by atoms with Crippen LogP contribution in [0.1, 0.15) is 55.6 Å². The number of nitrogens with zero attached hydrogens (tertiary/aromatic N) is 1. The molecule has 2 fully saturated rings. The second-order valence-corrected chi connectivity index (χ2v) is 9.43. The smallest absolute Gasteiger partial charge is 0.414 e. The van der Waals surface area contributed by atoms with E-state index < -0.39 is 17.9 Å². The highest BCUT2D eigenvalue weighted by Crippen LogP contribution is 2.53. The number of carbonyl (C=O) groups excluding carboxylic acids is 1. The fourth-order valence-corrected chi connectivity index (χ4v) is 5.40. The number of aliphatic carboxylic acids is 1. The van der Waals surface area contributed by atoms with Crippen LogP contribution in [0.4, 0.5) is 14.9 Å². The number of carbonyl (C=O) groups is 2. The molecule has 0 aromatic heterocycles. The summed E-state index contributed by atoms with van der Waals surface area (Å²) in [5.74, 6) is -0.984.